The zero-order chi connectivity index (χ0) is 21.8. The maximum Gasteiger partial charge on any atom is 0.197 e. The monoisotopic (exact) mass is 455 g/mol. The Bertz CT molecular complexity index is 1030. The molecule has 160 valence electrons. The third-order valence-electron chi connectivity index (χ3n) is 5.57. The second-order valence-electron chi connectivity index (χ2n) is 7.54. The number of alkyl halides is 2. The minimum Gasteiger partial charge on any atom is -0.369 e. The van der Waals surface area contributed by atoms with Crippen molar-refractivity contribution < 1.29 is 9.59 Å². The van der Waals surface area contributed by atoms with E-state index < -0.39 is 0 Å². The number of carbonyl (C=O) groups excluding carboxylic acids is 2. The van der Waals surface area contributed by atoms with E-state index in [2.05, 4.69) is 34.1 Å². The van der Waals surface area contributed by atoms with Gasteiger partial charge in [-0.05, 0) is 36.6 Å². The highest BCUT2D eigenvalue weighted by molar-refractivity contribution is 6.28. The molecular weight excluding hydrogens is 433 g/mol. The molecule has 5 nitrogen and oxygen atoms in total. The molecule has 2 heterocycles. The van der Waals surface area contributed by atoms with Crippen LogP contribution in [0.5, 0.6) is 0 Å². The number of hydrogen-bond acceptors (Lipinski definition) is 4. The standard InChI is InChI=1S/C24H23Cl2N3O2/c25-8-12-29(13-9-26)18-5-3-17(4-6-18)2-1-11-28-15-21-22(16-28)24(31)20-14-27-10-7-19(20)23(21)30/h3-7,10,14-16H,1-2,8-9,11-13H2. The Hall–Kier alpha value is -2.63. The highest BCUT2D eigenvalue weighted by atomic mass is 35.5. The van der Waals surface area contributed by atoms with E-state index in [1.807, 2.05) is 4.57 Å². The van der Waals surface area contributed by atoms with Crippen molar-refractivity contribution in [1.29, 1.82) is 0 Å². The number of halogens is 2. The van der Waals surface area contributed by atoms with Crippen LogP contribution in [-0.4, -0.2) is 46.0 Å². The molecule has 1 aromatic carbocycles. The second kappa shape index (κ2) is 9.67. The van der Waals surface area contributed by atoms with Crippen LogP contribution >= 0.6 is 23.2 Å². The van der Waals surface area contributed by atoms with E-state index in [1.165, 1.54) is 11.8 Å². The maximum atomic E-state index is 12.7. The van der Waals surface area contributed by atoms with Crippen molar-refractivity contribution in [3.63, 3.8) is 0 Å². The van der Waals surface area contributed by atoms with Crippen molar-refractivity contribution in [3.05, 3.63) is 82.9 Å². The van der Waals surface area contributed by atoms with Gasteiger partial charge in [0, 0.05) is 67.4 Å². The molecule has 0 bridgehead atoms. The number of nitrogens with zero attached hydrogens (tertiary/aromatic N) is 3. The zero-order valence-corrected chi connectivity index (χ0v) is 18.6. The first-order valence-electron chi connectivity index (χ1n) is 10.3. The number of hydrogen-bond donors (Lipinski definition) is 0. The van der Waals surface area contributed by atoms with Gasteiger partial charge in [0.05, 0.1) is 16.7 Å². The molecule has 0 aliphatic heterocycles. The topological polar surface area (TPSA) is 55.2 Å². The number of carbonyl (C=O) groups is 2. The molecule has 0 fully saturated rings. The van der Waals surface area contributed by atoms with Gasteiger partial charge in [-0.15, -0.1) is 23.2 Å². The molecule has 4 rings (SSSR count). The summed E-state index contributed by atoms with van der Waals surface area (Å²) >= 11 is 11.8. The Morgan fingerprint density at radius 1 is 0.839 bits per heavy atom. The summed E-state index contributed by atoms with van der Waals surface area (Å²) in [6.45, 7) is 2.26. The van der Waals surface area contributed by atoms with Crippen molar-refractivity contribution in [1.82, 2.24) is 9.55 Å². The summed E-state index contributed by atoms with van der Waals surface area (Å²) in [5.74, 6) is 0.878. The number of aryl methyl sites for hydroxylation is 2. The Morgan fingerprint density at radius 3 is 2.13 bits per heavy atom. The Labute approximate surface area is 191 Å². The smallest absolute Gasteiger partial charge is 0.197 e. The van der Waals surface area contributed by atoms with Crippen LogP contribution in [0, 0.1) is 0 Å². The average molecular weight is 456 g/mol. The van der Waals surface area contributed by atoms with Gasteiger partial charge in [0.25, 0.3) is 0 Å². The van der Waals surface area contributed by atoms with E-state index in [0.29, 0.717) is 34.0 Å². The molecule has 7 heteroatoms. The predicted molar refractivity (Wildman–Crippen MR) is 124 cm³/mol. The van der Waals surface area contributed by atoms with Gasteiger partial charge in [0.2, 0.25) is 0 Å². The number of aromatic nitrogens is 2. The first-order chi connectivity index (χ1) is 15.1. The van der Waals surface area contributed by atoms with Gasteiger partial charge in [-0.3, -0.25) is 14.6 Å². The minimum atomic E-state index is -0.134. The molecular formula is C24H23Cl2N3O2. The molecule has 0 amide bonds. The first-order valence-corrected chi connectivity index (χ1v) is 11.4. The highest BCUT2D eigenvalue weighted by Crippen LogP contribution is 2.27. The van der Waals surface area contributed by atoms with Crippen LogP contribution in [0.4, 0.5) is 5.69 Å². The van der Waals surface area contributed by atoms with Gasteiger partial charge in [-0.2, -0.15) is 0 Å². The second-order valence-corrected chi connectivity index (χ2v) is 8.29. The van der Waals surface area contributed by atoms with Gasteiger partial charge < -0.3 is 9.47 Å². The van der Waals surface area contributed by atoms with Crippen LogP contribution in [-0.2, 0) is 13.0 Å². The van der Waals surface area contributed by atoms with Crippen molar-refractivity contribution in [2.75, 3.05) is 29.7 Å². The molecule has 1 aliphatic carbocycles. The van der Waals surface area contributed by atoms with Crippen LogP contribution in [0.25, 0.3) is 0 Å². The molecule has 1 aliphatic rings. The summed E-state index contributed by atoms with van der Waals surface area (Å²) < 4.78 is 1.94. The van der Waals surface area contributed by atoms with Crippen molar-refractivity contribution in [2.45, 2.75) is 19.4 Å². The molecule has 2 aromatic heterocycles. The molecule has 0 saturated heterocycles. The molecule has 3 aromatic rings. The van der Waals surface area contributed by atoms with Crippen LogP contribution in [0.3, 0.4) is 0 Å². The maximum absolute atomic E-state index is 12.7. The molecule has 0 N–H and O–H groups in total. The van der Waals surface area contributed by atoms with E-state index >= 15 is 0 Å². The number of rotatable bonds is 9. The molecule has 0 spiro atoms. The van der Waals surface area contributed by atoms with Gasteiger partial charge in [0.1, 0.15) is 0 Å². The van der Waals surface area contributed by atoms with Gasteiger partial charge in [-0.1, -0.05) is 12.1 Å². The fourth-order valence-corrected chi connectivity index (χ4v) is 4.38. The lowest BCUT2D eigenvalue weighted by molar-refractivity contribution is 0.0979. The fourth-order valence-electron chi connectivity index (χ4n) is 3.98. The Morgan fingerprint density at radius 2 is 1.48 bits per heavy atom. The van der Waals surface area contributed by atoms with E-state index in [9.17, 15) is 9.59 Å². The number of benzene rings is 1. The normalized spacial score (nSPS) is 12.6. The predicted octanol–water partition coefficient (Wildman–Crippen LogP) is 4.58. The largest absolute Gasteiger partial charge is 0.369 e. The van der Waals surface area contributed by atoms with Crippen LogP contribution < -0.4 is 4.90 Å². The van der Waals surface area contributed by atoms with Crippen molar-refractivity contribution in [3.8, 4) is 0 Å². The molecule has 0 unspecified atom stereocenters. The number of ketones is 2. The average Bonchev–Trinajstić information content (AvgIpc) is 3.23. The van der Waals surface area contributed by atoms with Crippen molar-refractivity contribution in [2.24, 2.45) is 0 Å². The number of pyridine rings is 1. The summed E-state index contributed by atoms with van der Waals surface area (Å²) in [6, 6.07) is 10.1. The van der Waals surface area contributed by atoms with E-state index in [-0.39, 0.29) is 11.6 Å². The van der Waals surface area contributed by atoms with Crippen LogP contribution in [0.1, 0.15) is 43.8 Å². The Balaban J connectivity index is 1.39. The molecule has 0 radical (unpaired) electrons. The van der Waals surface area contributed by atoms with Gasteiger partial charge in [-0.25, -0.2) is 0 Å². The molecule has 31 heavy (non-hydrogen) atoms. The number of fused-ring (bicyclic) bond motifs is 2. The third-order valence-corrected chi connectivity index (χ3v) is 5.91. The summed E-state index contributed by atoms with van der Waals surface area (Å²) in [5, 5.41) is 0. The van der Waals surface area contributed by atoms with Gasteiger partial charge in [0.15, 0.2) is 11.6 Å². The van der Waals surface area contributed by atoms with Crippen molar-refractivity contribution >= 4 is 40.5 Å². The lowest BCUT2D eigenvalue weighted by atomic mass is 9.88. The summed E-state index contributed by atoms with van der Waals surface area (Å²) in [5.41, 5.74) is 4.12. The zero-order valence-electron chi connectivity index (χ0n) is 17.1. The Kier molecular flexibility index (Phi) is 6.73. The third kappa shape index (κ3) is 4.53. The summed E-state index contributed by atoms with van der Waals surface area (Å²) in [4.78, 5) is 31.6. The summed E-state index contributed by atoms with van der Waals surface area (Å²) in [6.07, 6.45) is 8.39. The van der Waals surface area contributed by atoms with E-state index in [4.69, 9.17) is 23.2 Å². The lowest BCUT2D eigenvalue weighted by Crippen LogP contribution is -2.27. The fraction of sp³-hybridized carbons (Fsp3) is 0.292. The van der Waals surface area contributed by atoms with Crippen LogP contribution in [0.2, 0.25) is 0 Å². The highest BCUT2D eigenvalue weighted by Gasteiger charge is 2.31. The van der Waals surface area contributed by atoms with Gasteiger partial charge >= 0.3 is 0 Å². The molecule has 0 saturated carbocycles. The SMILES string of the molecule is O=C1c2ccncc2C(=O)c2cn(CCCc3ccc(N(CCCl)CCCl)cc3)cc21. The quantitative estimate of drug-likeness (QED) is 0.346. The van der Waals surface area contributed by atoms with E-state index in [0.717, 1.165) is 38.2 Å². The number of anilines is 1. The first kappa shape index (κ1) is 21.6. The lowest BCUT2D eigenvalue weighted by Gasteiger charge is -2.23. The summed E-state index contributed by atoms with van der Waals surface area (Å²) in [7, 11) is 0. The van der Waals surface area contributed by atoms with Crippen LogP contribution in [0.15, 0.2) is 55.1 Å². The van der Waals surface area contributed by atoms with E-state index in [1.54, 1.807) is 24.7 Å². The minimum absolute atomic E-state index is 0.111. The molecule has 0 atom stereocenters.